The Balaban J connectivity index is 1.91. The molecule has 0 radical (unpaired) electrons. The maximum absolute atomic E-state index is 13.0. The summed E-state index contributed by atoms with van der Waals surface area (Å²) in [6.45, 7) is 0.832. The van der Waals surface area contributed by atoms with Crippen molar-refractivity contribution in [1.82, 2.24) is 0 Å². The lowest BCUT2D eigenvalue weighted by Crippen LogP contribution is -2.23. The summed E-state index contributed by atoms with van der Waals surface area (Å²) in [6.07, 6.45) is 1.51. The van der Waals surface area contributed by atoms with Gasteiger partial charge in [0.05, 0.1) is 25.7 Å². The summed E-state index contributed by atoms with van der Waals surface area (Å²) in [5.74, 6) is 0.515. The van der Waals surface area contributed by atoms with E-state index in [2.05, 4.69) is 5.32 Å². The van der Waals surface area contributed by atoms with Crippen LogP contribution in [0.5, 0.6) is 11.5 Å². The van der Waals surface area contributed by atoms with Crippen LogP contribution >= 0.6 is 11.8 Å². The van der Waals surface area contributed by atoms with E-state index in [9.17, 15) is 9.59 Å². The van der Waals surface area contributed by atoms with E-state index in [0.29, 0.717) is 41.6 Å². The van der Waals surface area contributed by atoms with Gasteiger partial charge in [0.15, 0.2) is 0 Å². The maximum Gasteiger partial charge on any atom is 0.414 e. The molecule has 0 unspecified atom stereocenters. The Morgan fingerprint density at radius 3 is 2.67 bits per heavy atom. The Labute approximate surface area is 161 Å². The Morgan fingerprint density at radius 1 is 1.22 bits per heavy atom. The van der Waals surface area contributed by atoms with Crippen LogP contribution in [0.1, 0.15) is 10.4 Å². The van der Waals surface area contributed by atoms with Gasteiger partial charge in [-0.1, -0.05) is 6.07 Å². The maximum atomic E-state index is 13.0. The number of methoxy groups -OCH3 is 2. The summed E-state index contributed by atoms with van der Waals surface area (Å²) in [7, 11) is 3.02. The molecule has 1 aliphatic heterocycles. The smallest absolute Gasteiger partial charge is 0.414 e. The lowest BCUT2D eigenvalue weighted by molar-refractivity contribution is 0.102. The van der Waals surface area contributed by atoms with Gasteiger partial charge in [-0.3, -0.25) is 9.69 Å². The first-order valence-corrected chi connectivity index (χ1v) is 9.46. The molecule has 8 heteroatoms. The van der Waals surface area contributed by atoms with E-state index in [-0.39, 0.29) is 5.91 Å². The molecule has 0 aliphatic carbocycles. The lowest BCUT2D eigenvalue weighted by Gasteiger charge is -2.17. The highest BCUT2D eigenvalue weighted by Crippen LogP contribution is 2.37. The normalized spacial score (nSPS) is 13.3. The SMILES string of the molecule is COc1ccc(SC)c(OC)c1C(=O)Nc1cccc(N2CCOC2=O)c1. The third kappa shape index (κ3) is 3.80. The summed E-state index contributed by atoms with van der Waals surface area (Å²) in [4.78, 5) is 27.1. The third-order valence-corrected chi connectivity index (χ3v) is 4.89. The first-order chi connectivity index (χ1) is 13.1. The van der Waals surface area contributed by atoms with Crippen molar-refractivity contribution in [1.29, 1.82) is 0 Å². The summed E-state index contributed by atoms with van der Waals surface area (Å²) >= 11 is 1.48. The second-order valence-corrected chi connectivity index (χ2v) is 6.50. The van der Waals surface area contributed by atoms with Gasteiger partial charge in [0, 0.05) is 11.4 Å². The van der Waals surface area contributed by atoms with Gasteiger partial charge in [0.25, 0.3) is 5.91 Å². The minimum absolute atomic E-state index is 0.317. The topological polar surface area (TPSA) is 77.1 Å². The number of amides is 2. The number of nitrogens with one attached hydrogen (secondary N) is 1. The largest absolute Gasteiger partial charge is 0.496 e. The standard InChI is InChI=1S/C19H20N2O5S/c1-24-14-7-8-15(27-3)17(25-2)16(14)18(22)20-12-5-4-6-13(11-12)21-9-10-26-19(21)23/h4-8,11H,9-10H2,1-3H3,(H,20,22). The first-order valence-electron chi connectivity index (χ1n) is 8.23. The molecule has 2 aromatic rings. The van der Waals surface area contributed by atoms with E-state index in [1.165, 1.54) is 30.9 Å². The molecule has 1 fully saturated rings. The molecule has 0 atom stereocenters. The number of nitrogens with zero attached hydrogens (tertiary/aromatic N) is 1. The Hall–Kier alpha value is -2.87. The molecule has 27 heavy (non-hydrogen) atoms. The van der Waals surface area contributed by atoms with Crippen LogP contribution < -0.4 is 19.7 Å². The highest BCUT2D eigenvalue weighted by atomic mass is 32.2. The summed E-state index contributed by atoms with van der Waals surface area (Å²) < 4.78 is 15.8. The van der Waals surface area contributed by atoms with Crippen LogP contribution in [0.4, 0.5) is 16.2 Å². The van der Waals surface area contributed by atoms with Crippen molar-refractivity contribution in [3.05, 3.63) is 42.0 Å². The van der Waals surface area contributed by atoms with E-state index in [0.717, 1.165) is 4.90 Å². The number of hydrogen-bond donors (Lipinski definition) is 1. The van der Waals surface area contributed by atoms with Crippen LogP contribution in [0.15, 0.2) is 41.3 Å². The number of cyclic esters (lactones) is 1. The molecule has 1 aliphatic rings. The quantitative estimate of drug-likeness (QED) is 0.762. The minimum Gasteiger partial charge on any atom is -0.496 e. The van der Waals surface area contributed by atoms with E-state index < -0.39 is 6.09 Å². The second-order valence-electron chi connectivity index (χ2n) is 5.65. The summed E-state index contributed by atoms with van der Waals surface area (Å²) in [5.41, 5.74) is 1.53. The number of carbonyl (C=O) groups excluding carboxylic acids is 2. The number of thioether (sulfide) groups is 1. The molecule has 2 aromatic carbocycles. The fraction of sp³-hybridized carbons (Fsp3) is 0.263. The zero-order valence-electron chi connectivity index (χ0n) is 15.3. The summed E-state index contributed by atoms with van der Waals surface area (Å²) in [6, 6.07) is 10.6. The second kappa shape index (κ2) is 8.22. The molecule has 142 valence electrons. The monoisotopic (exact) mass is 388 g/mol. The molecule has 3 rings (SSSR count). The minimum atomic E-state index is -0.394. The lowest BCUT2D eigenvalue weighted by atomic mass is 10.1. The Morgan fingerprint density at radius 2 is 2.04 bits per heavy atom. The van der Waals surface area contributed by atoms with Crippen LogP contribution in [0.25, 0.3) is 0 Å². The van der Waals surface area contributed by atoms with E-state index in [1.807, 2.05) is 12.3 Å². The molecule has 1 heterocycles. The Kier molecular flexibility index (Phi) is 5.75. The molecule has 1 N–H and O–H groups in total. The number of carbonyl (C=O) groups is 2. The number of hydrogen-bond acceptors (Lipinski definition) is 6. The van der Waals surface area contributed by atoms with Gasteiger partial charge in [-0.05, 0) is 36.6 Å². The van der Waals surface area contributed by atoms with Crippen molar-refractivity contribution in [3.63, 3.8) is 0 Å². The number of ether oxygens (including phenoxy) is 3. The fourth-order valence-electron chi connectivity index (χ4n) is 2.87. The predicted octanol–water partition coefficient (Wildman–Crippen LogP) is 3.63. The van der Waals surface area contributed by atoms with Crippen LogP contribution in [0.3, 0.4) is 0 Å². The van der Waals surface area contributed by atoms with Gasteiger partial charge in [-0.2, -0.15) is 0 Å². The highest BCUT2D eigenvalue weighted by molar-refractivity contribution is 7.98. The molecule has 0 aromatic heterocycles. The number of anilines is 2. The van der Waals surface area contributed by atoms with E-state index in [1.54, 1.807) is 30.3 Å². The van der Waals surface area contributed by atoms with Gasteiger partial charge in [-0.15, -0.1) is 11.8 Å². The molecular weight excluding hydrogens is 368 g/mol. The molecule has 0 spiro atoms. The third-order valence-electron chi connectivity index (χ3n) is 4.13. The Bertz CT molecular complexity index is 871. The van der Waals surface area contributed by atoms with Crippen molar-refractivity contribution in [2.45, 2.75) is 4.90 Å². The molecule has 0 saturated carbocycles. The van der Waals surface area contributed by atoms with Crippen molar-refractivity contribution >= 4 is 35.1 Å². The molecule has 7 nitrogen and oxygen atoms in total. The number of benzene rings is 2. The molecule has 2 amide bonds. The zero-order valence-corrected chi connectivity index (χ0v) is 16.1. The van der Waals surface area contributed by atoms with Gasteiger partial charge in [-0.25, -0.2) is 4.79 Å². The average molecular weight is 388 g/mol. The number of rotatable bonds is 6. The molecule has 0 bridgehead atoms. The van der Waals surface area contributed by atoms with Crippen LogP contribution in [0, 0.1) is 0 Å². The van der Waals surface area contributed by atoms with E-state index >= 15 is 0 Å². The van der Waals surface area contributed by atoms with Crippen molar-refractivity contribution in [2.75, 3.05) is 43.8 Å². The van der Waals surface area contributed by atoms with Gasteiger partial charge < -0.3 is 19.5 Å². The first kappa shape index (κ1) is 18.9. The molecule has 1 saturated heterocycles. The fourth-order valence-corrected chi connectivity index (χ4v) is 3.44. The van der Waals surface area contributed by atoms with E-state index in [4.69, 9.17) is 14.2 Å². The van der Waals surface area contributed by atoms with Crippen LogP contribution in [0.2, 0.25) is 0 Å². The van der Waals surface area contributed by atoms with Crippen molar-refractivity contribution in [3.8, 4) is 11.5 Å². The zero-order chi connectivity index (χ0) is 19.4. The van der Waals surface area contributed by atoms with Gasteiger partial charge in [0.2, 0.25) is 0 Å². The van der Waals surface area contributed by atoms with Crippen LogP contribution in [-0.4, -0.2) is 45.6 Å². The van der Waals surface area contributed by atoms with Gasteiger partial charge in [0.1, 0.15) is 23.7 Å². The van der Waals surface area contributed by atoms with Crippen molar-refractivity contribution < 1.29 is 23.8 Å². The van der Waals surface area contributed by atoms with Crippen LogP contribution in [-0.2, 0) is 4.74 Å². The summed E-state index contributed by atoms with van der Waals surface area (Å²) in [5, 5.41) is 2.85. The van der Waals surface area contributed by atoms with Gasteiger partial charge >= 0.3 is 6.09 Å². The highest BCUT2D eigenvalue weighted by Gasteiger charge is 2.25. The molecular formula is C19H20N2O5S. The predicted molar refractivity (Wildman–Crippen MR) is 104 cm³/mol. The average Bonchev–Trinajstić information content (AvgIpc) is 3.12. The van der Waals surface area contributed by atoms with Crippen molar-refractivity contribution in [2.24, 2.45) is 0 Å².